The molecule has 0 aliphatic carbocycles. The van der Waals surface area contributed by atoms with E-state index >= 15 is 0 Å². The van der Waals surface area contributed by atoms with Gasteiger partial charge in [-0.3, -0.25) is 9.59 Å². The topological polar surface area (TPSA) is 49.9 Å². The van der Waals surface area contributed by atoms with Gasteiger partial charge in [-0.1, -0.05) is 91.0 Å². The molecule has 1 aliphatic rings. The molecule has 5 rings (SSSR count). The van der Waals surface area contributed by atoms with E-state index in [0.717, 1.165) is 39.9 Å². The van der Waals surface area contributed by atoms with Crippen molar-refractivity contribution in [1.82, 2.24) is 4.90 Å². The number of anilines is 1. The van der Waals surface area contributed by atoms with Crippen LogP contribution in [0.3, 0.4) is 0 Å². The minimum Gasteiger partial charge on any atom is -0.497 e. The zero-order valence-corrected chi connectivity index (χ0v) is 22.3. The van der Waals surface area contributed by atoms with Crippen LogP contribution in [0, 0.1) is 0 Å². The second kappa shape index (κ2) is 11.2. The van der Waals surface area contributed by atoms with Crippen molar-refractivity contribution < 1.29 is 14.3 Å². The summed E-state index contributed by atoms with van der Waals surface area (Å²) in [5, 5.41) is -0.140. The summed E-state index contributed by atoms with van der Waals surface area (Å²) in [7, 11) is 3.41. The van der Waals surface area contributed by atoms with E-state index in [4.69, 9.17) is 4.74 Å². The van der Waals surface area contributed by atoms with Crippen LogP contribution in [0.1, 0.15) is 16.7 Å². The van der Waals surface area contributed by atoms with Gasteiger partial charge >= 0.3 is 0 Å². The number of carbonyl (C=O) groups is 2. The molecule has 0 spiro atoms. The van der Waals surface area contributed by atoms with Crippen molar-refractivity contribution in [2.24, 2.45) is 0 Å². The SMILES string of the molecule is COc1ccc(N2C(=O)[C@@](SC(=O)N(C)Cc3ccccc3)(c3ccccc3)[C@@H]2Cc2ccccc2)cc1. The van der Waals surface area contributed by atoms with Crippen molar-refractivity contribution >= 4 is 28.6 Å². The highest BCUT2D eigenvalue weighted by atomic mass is 32.2. The fourth-order valence-corrected chi connectivity index (χ4v) is 6.26. The second-order valence-electron chi connectivity index (χ2n) is 9.39. The van der Waals surface area contributed by atoms with E-state index < -0.39 is 4.75 Å². The number of methoxy groups -OCH3 is 1. The molecule has 2 amide bonds. The van der Waals surface area contributed by atoms with Crippen LogP contribution in [0.15, 0.2) is 115 Å². The van der Waals surface area contributed by atoms with E-state index in [1.807, 2.05) is 108 Å². The summed E-state index contributed by atoms with van der Waals surface area (Å²) >= 11 is 1.13. The van der Waals surface area contributed by atoms with Gasteiger partial charge in [-0.05, 0) is 59.1 Å². The van der Waals surface area contributed by atoms with Gasteiger partial charge in [0.05, 0.1) is 13.2 Å². The first-order valence-corrected chi connectivity index (χ1v) is 13.4. The Kier molecular flexibility index (Phi) is 7.52. The maximum absolute atomic E-state index is 14.3. The Hall–Kier alpha value is -4.03. The van der Waals surface area contributed by atoms with Gasteiger partial charge in [0.1, 0.15) is 5.75 Å². The molecule has 192 valence electrons. The van der Waals surface area contributed by atoms with E-state index in [1.165, 1.54) is 0 Å². The summed E-state index contributed by atoms with van der Waals surface area (Å²) in [6.07, 6.45) is 0.607. The lowest BCUT2D eigenvalue weighted by atomic mass is 9.77. The first kappa shape index (κ1) is 25.6. The molecule has 1 aliphatic heterocycles. The zero-order valence-electron chi connectivity index (χ0n) is 21.5. The fourth-order valence-electron chi connectivity index (χ4n) is 5.00. The van der Waals surface area contributed by atoms with E-state index in [0.29, 0.717) is 13.0 Å². The minimum absolute atomic E-state index is 0.0961. The van der Waals surface area contributed by atoms with Gasteiger partial charge in [-0.15, -0.1) is 0 Å². The monoisotopic (exact) mass is 522 g/mol. The average Bonchev–Trinajstić information content (AvgIpc) is 2.97. The number of amides is 2. The van der Waals surface area contributed by atoms with E-state index in [2.05, 4.69) is 12.1 Å². The van der Waals surface area contributed by atoms with Gasteiger partial charge in [0.25, 0.3) is 11.1 Å². The lowest BCUT2D eigenvalue weighted by Gasteiger charge is -2.55. The average molecular weight is 523 g/mol. The maximum atomic E-state index is 14.3. The van der Waals surface area contributed by atoms with Gasteiger partial charge in [0.2, 0.25) is 0 Å². The van der Waals surface area contributed by atoms with Gasteiger partial charge < -0.3 is 14.5 Å². The second-order valence-corrected chi connectivity index (χ2v) is 10.6. The standard InChI is InChI=1S/C32H30N2O3S/c1-33(23-25-14-8-4-9-15-25)31(36)38-32(26-16-10-5-11-17-26)29(22-24-12-6-3-7-13-24)34(30(32)35)27-18-20-28(37-2)21-19-27/h3-21,29H,22-23H2,1-2H3/t29-,32+/m0/s1. The third kappa shape index (κ3) is 4.92. The molecule has 2 atom stereocenters. The van der Waals surface area contributed by atoms with Crippen molar-refractivity contribution in [3.8, 4) is 5.75 Å². The van der Waals surface area contributed by atoms with Crippen LogP contribution in [0.4, 0.5) is 10.5 Å². The first-order valence-electron chi connectivity index (χ1n) is 12.6. The van der Waals surface area contributed by atoms with Crippen molar-refractivity contribution in [3.05, 3.63) is 132 Å². The molecule has 1 heterocycles. The molecule has 0 aromatic heterocycles. The molecule has 6 heteroatoms. The van der Waals surface area contributed by atoms with Crippen LogP contribution in [0.2, 0.25) is 0 Å². The molecule has 38 heavy (non-hydrogen) atoms. The molecule has 0 saturated carbocycles. The molecule has 0 N–H and O–H groups in total. The number of hydrogen-bond donors (Lipinski definition) is 0. The van der Waals surface area contributed by atoms with Crippen molar-refractivity contribution in [2.45, 2.75) is 23.8 Å². The van der Waals surface area contributed by atoms with Crippen molar-refractivity contribution in [2.75, 3.05) is 19.1 Å². The Morgan fingerprint density at radius 3 is 1.97 bits per heavy atom. The van der Waals surface area contributed by atoms with Gasteiger partial charge in [-0.2, -0.15) is 0 Å². The molecule has 1 fully saturated rings. The Bertz CT molecular complexity index is 1380. The molecule has 4 aromatic carbocycles. The Morgan fingerprint density at radius 1 is 0.842 bits per heavy atom. The number of carbonyl (C=O) groups excluding carboxylic acids is 2. The molecule has 0 bridgehead atoms. The van der Waals surface area contributed by atoms with Crippen LogP contribution in [0.25, 0.3) is 0 Å². The number of benzene rings is 4. The third-order valence-electron chi connectivity index (χ3n) is 6.97. The quantitative estimate of drug-likeness (QED) is 0.247. The largest absolute Gasteiger partial charge is 0.497 e. The number of rotatable bonds is 8. The number of β-lactam (4-membered cyclic amide) rings is 1. The van der Waals surface area contributed by atoms with E-state index in [9.17, 15) is 9.59 Å². The number of thioether (sulfide) groups is 1. The molecular formula is C32H30N2O3S. The Morgan fingerprint density at radius 2 is 1.39 bits per heavy atom. The van der Waals surface area contributed by atoms with Crippen LogP contribution in [0.5, 0.6) is 5.75 Å². The Balaban J connectivity index is 1.53. The minimum atomic E-state index is -1.06. The smallest absolute Gasteiger partial charge is 0.283 e. The highest BCUT2D eigenvalue weighted by Crippen LogP contribution is 2.54. The number of nitrogens with zero attached hydrogens (tertiary/aromatic N) is 2. The predicted molar refractivity (Wildman–Crippen MR) is 153 cm³/mol. The molecule has 1 saturated heterocycles. The van der Waals surface area contributed by atoms with Crippen molar-refractivity contribution in [3.63, 3.8) is 0 Å². The van der Waals surface area contributed by atoms with Crippen molar-refractivity contribution in [1.29, 1.82) is 0 Å². The summed E-state index contributed by atoms with van der Waals surface area (Å²) in [6.45, 7) is 0.470. The zero-order chi connectivity index (χ0) is 26.5. The lowest BCUT2D eigenvalue weighted by molar-refractivity contribution is -0.128. The molecule has 5 nitrogen and oxygen atoms in total. The van der Waals surface area contributed by atoms with Crippen LogP contribution < -0.4 is 9.64 Å². The first-order chi connectivity index (χ1) is 18.5. The molecule has 0 radical (unpaired) electrons. The number of ether oxygens (including phenoxy) is 1. The maximum Gasteiger partial charge on any atom is 0.283 e. The molecule has 4 aromatic rings. The predicted octanol–water partition coefficient (Wildman–Crippen LogP) is 6.53. The highest BCUT2D eigenvalue weighted by molar-refractivity contribution is 8.15. The highest BCUT2D eigenvalue weighted by Gasteiger charge is 2.63. The van der Waals surface area contributed by atoms with Crippen LogP contribution in [-0.4, -0.2) is 36.2 Å². The van der Waals surface area contributed by atoms with Gasteiger partial charge in [0.15, 0.2) is 4.75 Å². The normalized spacial score (nSPS) is 18.5. The van der Waals surface area contributed by atoms with Gasteiger partial charge in [-0.25, -0.2) is 0 Å². The Labute approximate surface area is 228 Å². The fraction of sp³-hybridized carbons (Fsp3) is 0.188. The number of hydrogen-bond acceptors (Lipinski definition) is 4. The summed E-state index contributed by atoms with van der Waals surface area (Å²) in [5.41, 5.74) is 3.77. The summed E-state index contributed by atoms with van der Waals surface area (Å²) in [5.74, 6) is 0.629. The van der Waals surface area contributed by atoms with Crippen LogP contribution >= 0.6 is 11.8 Å². The van der Waals surface area contributed by atoms with E-state index in [-0.39, 0.29) is 17.2 Å². The third-order valence-corrected chi connectivity index (χ3v) is 8.46. The summed E-state index contributed by atoms with van der Waals surface area (Å²) in [4.78, 5) is 31.5. The van der Waals surface area contributed by atoms with Crippen LogP contribution in [-0.2, 0) is 22.5 Å². The summed E-state index contributed by atoms with van der Waals surface area (Å²) < 4.78 is 4.27. The summed E-state index contributed by atoms with van der Waals surface area (Å²) in [6, 6.07) is 37.0. The van der Waals surface area contributed by atoms with Gasteiger partial charge in [0, 0.05) is 19.3 Å². The molecule has 0 unspecified atom stereocenters. The lowest BCUT2D eigenvalue weighted by Crippen LogP contribution is -2.71. The molecular weight excluding hydrogens is 492 g/mol. The van der Waals surface area contributed by atoms with E-state index in [1.54, 1.807) is 19.1 Å².